The van der Waals surface area contributed by atoms with Crippen molar-refractivity contribution in [1.29, 1.82) is 0 Å². The number of halogens is 2. The minimum Gasteiger partial charge on any atom is -0.351 e. The van der Waals surface area contributed by atoms with Gasteiger partial charge < -0.3 is 10.2 Å². The summed E-state index contributed by atoms with van der Waals surface area (Å²) in [5.74, 6) is -0.323. The first kappa shape index (κ1) is 28.1. The number of nitrogens with one attached hydrogen (secondary N) is 2. The molecule has 0 spiro atoms. The van der Waals surface area contributed by atoms with E-state index in [1.807, 2.05) is 18.2 Å². The van der Waals surface area contributed by atoms with Crippen LogP contribution >= 0.6 is 35.3 Å². The Kier molecular flexibility index (Phi) is 9.11. The van der Waals surface area contributed by atoms with Gasteiger partial charge in [-0.1, -0.05) is 59.3 Å². The molecular formula is C26H27Cl2N5O3S2. The van der Waals surface area contributed by atoms with Crippen LogP contribution in [0.15, 0.2) is 77.7 Å². The van der Waals surface area contributed by atoms with Crippen molar-refractivity contribution >= 4 is 72.3 Å². The summed E-state index contributed by atoms with van der Waals surface area (Å²) < 4.78 is 29.1. The maximum atomic E-state index is 12.9. The Morgan fingerprint density at radius 2 is 1.66 bits per heavy atom. The topological polar surface area (TPSA) is 94.6 Å². The standard InChI is InChI=1S/C26H26ClN5O3S2.ClH/c27-21-10-6-12-23-24(21)29-26(36-23)32-17-15-31(16-18-32)14-13-28-25(33)20-9-4-5-11-22(20)30-37(34,35)19-7-2-1-3-8-19;/h1-12,30H,13-18H2,(H,28,33);1H. The van der Waals surface area contributed by atoms with Crippen LogP contribution in [0.3, 0.4) is 0 Å². The zero-order valence-corrected chi connectivity index (χ0v) is 23.5. The Morgan fingerprint density at radius 1 is 0.947 bits per heavy atom. The van der Waals surface area contributed by atoms with E-state index in [9.17, 15) is 13.2 Å². The molecule has 0 atom stereocenters. The number of benzene rings is 3. The third kappa shape index (κ3) is 6.39. The van der Waals surface area contributed by atoms with Crippen molar-refractivity contribution in [2.45, 2.75) is 4.90 Å². The lowest BCUT2D eigenvalue weighted by Gasteiger charge is -2.34. The van der Waals surface area contributed by atoms with E-state index in [2.05, 4.69) is 19.8 Å². The molecule has 0 radical (unpaired) electrons. The first-order valence-corrected chi connectivity index (χ1v) is 14.6. The summed E-state index contributed by atoms with van der Waals surface area (Å²) in [5.41, 5.74) is 1.37. The second kappa shape index (κ2) is 12.3. The number of carbonyl (C=O) groups is 1. The number of piperazine rings is 1. The number of anilines is 2. The number of sulfonamides is 1. The van der Waals surface area contributed by atoms with E-state index in [1.165, 1.54) is 12.1 Å². The quantitative estimate of drug-likeness (QED) is 0.308. The molecule has 5 rings (SSSR count). The first-order valence-electron chi connectivity index (χ1n) is 11.9. The van der Waals surface area contributed by atoms with Crippen LogP contribution in [0.1, 0.15) is 10.4 Å². The van der Waals surface area contributed by atoms with Crippen molar-refractivity contribution < 1.29 is 13.2 Å². The summed E-state index contributed by atoms with van der Waals surface area (Å²) in [6, 6.07) is 20.5. The van der Waals surface area contributed by atoms with Crippen molar-refractivity contribution in [2.24, 2.45) is 0 Å². The van der Waals surface area contributed by atoms with E-state index in [0.717, 1.165) is 41.5 Å². The highest BCUT2D eigenvalue weighted by Gasteiger charge is 2.21. The molecule has 0 bridgehead atoms. The van der Waals surface area contributed by atoms with Gasteiger partial charge in [-0.3, -0.25) is 14.4 Å². The summed E-state index contributed by atoms with van der Waals surface area (Å²) in [7, 11) is -3.80. The number of carbonyl (C=O) groups excluding carboxylic acids is 1. The maximum Gasteiger partial charge on any atom is 0.261 e. The van der Waals surface area contributed by atoms with Gasteiger partial charge in [0.05, 0.1) is 25.9 Å². The summed E-state index contributed by atoms with van der Waals surface area (Å²) >= 11 is 7.93. The number of thiazole rings is 1. The monoisotopic (exact) mass is 591 g/mol. The number of hydrogen-bond donors (Lipinski definition) is 2. The fourth-order valence-electron chi connectivity index (χ4n) is 4.20. The van der Waals surface area contributed by atoms with Gasteiger partial charge in [-0.25, -0.2) is 13.4 Å². The van der Waals surface area contributed by atoms with E-state index >= 15 is 0 Å². The van der Waals surface area contributed by atoms with Gasteiger partial charge in [0.2, 0.25) is 0 Å². The minimum absolute atomic E-state index is 0. The molecule has 200 valence electrons. The summed E-state index contributed by atoms with van der Waals surface area (Å²) in [5, 5.41) is 4.57. The van der Waals surface area contributed by atoms with E-state index in [1.54, 1.807) is 53.8 Å². The fourth-order valence-corrected chi connectivity index (χ4v) is 6.62. The van der Waals surface area contributed by atoms with Gasteiger partial charge in [0, 0.05) is 39.3 Å². The molecule has 2 heterocycles. The smallest absolute Gasteiger partial charge is 0.261 e. The second-order valence-corrected chi connectivity index (χ2v) is 11.7. The zero-order valence-electron chi connectivity index (χ0n) is 20.3. The molecule has 2 N–H and O–H groups in total. The normalized spacial score (nSPS) is 14.2. The summed E-state index contributed by atoms with van der Waals surface area (Å²) in [4.78, 5) is 22.3. The molecule has 1 aromatic heterocycles. The highest BCUT2D eigenvalue weighted by Crippen LogP contribution is 2.33. The molecule has 4 aromatic rings. The van der Waals surface area contributed by atoms with Crippen LogP contribution in [-0.4, -0.2) is 63.5 Å². The molecule has 1 aliphatic rings. The van der Waals surface area contributed by atoms with E-state index in [0.29, 0.717) is 18.1 Å². The molecular weight excluding hydrogens is 565 g/mol. The van der Waals surface area contributed by atoms with Gasteiger partial charge in [-0.05, 0) is 36.4 Å². The Labute approximate surface area is 237 Å². The number of para-hydroxylation sites is 2. The Balaban J connectivity index is 0.00000336. The third-order valence-corrected chi connectivity index (χ3v) is 8.95. The van der Waals surface area contributed by atoms with Crippen LogP contribution in [0.2, 0.25) is 5.02 Å². The van der Waals surface area contributed by atoms with Crippen LogP contribution in [0.25, 0.3) is 10.2 Å². The number of aromatic nitrogens is 1. The number of nitrogens with zero attached hydrogens (tertiary/aromatic N) is 3. The molecule has 38 heavy (non-hydrogen) atoms. The molecule has 3 aromatic carbocycles. The molecule has 0 aliphatic carbocycles. The van der Waals surface area contributed by atoms with Gasteiger partial charge in [0.15, 0.2) is 5.13 Å². The number of amides is 1. The Bertz CT molecular complexity index is 1510. The number of fused-ring (bicyclic) bond motifs is 1. The van der Waals surface area contributed by atoms with Gasteiger partial charge in [0.25, 0.3) is 15.9 Å². The Morgan fingerprint density at radius 3 is 2.39 bits per heavy atom. The number of hydrogen-bond acceptors (Lipinski definition) is 7. The van der Waals surface area contributed by atoms with Crippen molar-refractivity contribution in [3.8, 4) is 0 Å². The van der Waals surface area contributed by atoms with E-state index in [4.69, 9.17) is 16.6 Å². The Hall–Kier alpha value is -2.89. The predicted molar refractivity (Wildman–Crippen MR) is 157 cm³/mol. The third-order valence-electron chi connectivity index (χ3n) is 6.18. The van der Waals surface area contributed by atoms with Crippen LogP contribution in [0, 0.1) is 0 Å². The minimum atomic E-state index is -3.80. The highest BCUT2D eigenvalue weighted by molar-refractivity contribution is 7.92. The van der Waals surface area contributed by atoms with Crippen LogP contribution in [-0.2, 0) is 10.0 Å². The SMILES string of the molecule is Cl.O=C(NCCN1CCN(c2nc3c(Cl)cccc3s2)CC1)c1ccccc1NS(=O)(=O)c1ccccc1. The molecule has 12 heteroatoms. The predicted octanol–water partition coefficient (Wildman–Crippen LogP) is 4.72. The molecule has 0 unspecified atom stereocenters. The van der Waals surface area contributed by atoms with Crippen molar-refractivity contribution in [3.63, 3.8) is 0 Å². The summed E-state index contributed by atoms with van der Waals surface area (Å²) in [6.07, 6.45) is 0. The van der Waals surface area contributed by atoms with Gasteiger partial charge >= 0.3 is 0 Å². The van der Waals surface area contributed by atoms with Crippen LogP contribution < -0.4 is 14.9 Å². The average molecular weight is 593 g/mol. The second-order valence-electron chi connectivity index (χ2n) is 8.63. The lowest BCUT2D eigenvalue weighted by atomic mass is 10.1. The maximum absolute atomic E-state index is 12.9. The first-order chi connectivity index (χ1) is 17.9. The van der Waals surface area contributed by atoms with Crippen molar-refractivity contribution in [1.82, 2.24) is 15.2 Å². The van der Waals surface area contributed by atoms with Crippen molar-refractivity contribution in [2.75, 3.05) is 48.9 Å². The lowest BCUT2D eigenvalue weighted by molar-refractivity contribution is 0.0948. The molecule has 1 aliphatic heterocycles. The largest absolute Gasteiger partial charge is 0.351 e. The fraction of sp³-hybridized carbons (Fsp3) is 0.231. The highest BCUT2D eigenvalue weighted by atomic mass is 35.5. The van der Waals surface area contributed by atoms with Gasteiger partial charge in [-0.2, -0.15) is 0 Å². The van der Waals surface area contributed by atoms with E-state index in [-0.39, 0.29) is 34.5 Å². The molecule has 1 fully saturated rings. The molecule has 8 nitrogen and oxygen atoms in total. The molecule has 1 saturated heterocycles. The molecule has 1 amide bonds. The van der Waals surface area contributed by atoms with Gasteiger partial charge in [0.1, 0.15) is 5.52 Å². The zero-order chi connectivity index (χ0) is 25.8. The number of rotatable bonds is 8. The summed E-state index contributed by atoms with van der Waals surface area (Å²) in [6.45, 7) is 4.55. The lowest BCUT2D eigenvalue weighted by Crippen LogP contribution is -2.48. The molecule has 0 saturated carbocycles. The van der Waals surface area contributed by atoms with E-state index < -0.39 is 10.0 Å². The van der Waals surface area contributed by atoms with Crippen LogP contribution in [0.5, 0.6) is 0 Å². The average Bonchev–Trinajstić information content (AvgIpc) is 3.35. The van der Waals surface area contributed by atoms with Crippen LogP contribution in [0.4, 0.5) is 10.8 Å². The van der Waals surface area contributed by atoms with Gasteiger partial charge in [-0.15, -0.1) is 12.4 Å². The van der Waals surface area contributed by atoms with Crippen molar-refractivity contribution in [3.05, 3.63) is 83.4 Å².